The Kier molecular flexibility index (Phi) is 5.68. The third kappa shape index (κ3) is 5.61. The van der Waals surface area contributed by atoms with Gasteiger partial charge in [-0.3, -0.25) is 4.18 Å². The minimum Gasteiger partial charge on any atom is -0.444 e. The Morgan fingerprint density at radius 3 is 2.41 bits per heavy atom. The van der Waals surface area contributed by atoms with Crippen molar-refractivity contribution < 1.29 is 40.0 Å². The molecule has 0 saturated carbocycles. The van der Waals surface area contributed by atoms with E-state index >= 15 is 0 Å². The molecular weight excluding hydrogens is 331 g/mol. The van der Waals surface area contributed by atoms with Crippen LogP contribution in [0.15, 0.2) is 0 Å². The Morgan fingerprint density at radius 2 is 1.91 bits per heavy atom. The van der Waals surface area contributed by atoms with Crippen LogP contribution in [0.3, 0.4) is 0 Å². The second-order valence-corrected chi connectivity index (χ2v) is 7.21. The van der Waals surface area contributed by atoms with E-state index in [1.165, 1.54) is 4.90 Å². The Labute approximate surface area is 126 Å². The minimum absolute atomic E-state index is 0.0410. The van der Waals surface area contributed by atoms with Crippen LogP contribution in [-0.2, 0) is 23.8 Å². The van der Waals surface area contributed by atoms with Gasteiger partial charge in [-0.1, -0.05) is 0 Å². The molecule has 1 aliphatic heterocycles. The fourth-order valence-corrected chi connectivity index (χ4v) is 2.01. The summed E-state index contributed by atoms with van der Waals surface area (Å²) in [6, 6.07) is 0. The molecule has 0 bridgehead atoms. The number of carbonyl (C=O) groups is 1. The maximum absolute atomic E-state index is 12.1. The first-order valence-corrected chi connectivity index (χ1v) is 7.78. The highest BCUT2D eigenvalue weighted by Crippen LogP contribution is 2.25. The van der Waals surface area contributed by atoms with Crippen molar-refractivity contribution in [1.29, 1.82) is 0 Å². The summed E-state index contributed by atoms with van der Waals surface area (Å²) >= 11 is 0. The van der Waals surface area contributed by atoms with Crippen molar-refractivity contribution in [3.63, 3.8) is 0 Å². The third-order valence-corrected chi connectivity index (χ3v) is 3.50. The van der Waals surface area contributed by atoms with Gasteiger partial charge in [-0.15, -0.1) is 0 Å². The average molecular weight is 349 g/mol. The van der Waals surface area contributed by atoms with Gasteiger partial charge < -0.3 is 14.4 Å². The molecule has 1 amide bonds. The van der Waals surface area contributed by atoms with E-state index in [0.717, 1.165) is 0 Å². The quantitative estimate of drug-likeness (QED) is 0.567. The summed E-state index contributed by atoms with van der Waals surface area (Å²) in [5.74, 6) is 0. The fourth-order valence-electron chi connectivity index (χ4n) is 1.54. The van der Waals surface area contributed by atoms with Gasteiger partial charge in [0.05, 0.1) is 19.8 Å². The molecular formula is C11H18F3NO6S. The molecule has 0 spiro atoms. The van der Waals surface area contributed by atoms with Gasteiger partial charge in [0.2, 0.25) is 0 Å². The van der Waals surface area contributed by atoms with Crippen molar-refractivity contribution in [3.8, 4) is 0 Å². The lowest BCUT2D eigenvalue weighted by molar-refractivity contribution is -0.0712. The summed E-state index contributed by atoms with van der Waals surface area (Å²) in [4.78, 5) is 13.1. The highest BCUT2D eigenvalue weighted by molar-refractivity contribution is 7.87. The van der Waals surface area contributed by atoms with Gasteiger partial charge in [0.1, 0.15) is 11.7 Å². The van der Waals surface area contributed by atoms with Gasteiger partial charge in [0.15, 0.2) is 0 Å². The molecule has 11 heteroatoms. The molecule has 1 rings (SSSR count). The Morgan fingerprint density at radius 1 is 1.32 bits per heavy atom. The van der Waals surface area contributed by atoms with Crippen LogP contribution < -0.4 is 0 Å². The number of alkyl halides is 3. The van der Waals surface area contributed by atoms with E-state index in [2.05, 4.69) is 4.18 Å². The Hall–Kier alpha value is -1.07. The summed E-state index contributed by atoms with van der Waals surface area (Å²) in [6.45, 7) is 4.28. The molecule has 1 heterocycles. The summed E-state index contributed by atoms with van der Waals surface area (Å²) in [7, 11) is -5.68. The van der Waals surface area contributed by atoms with Gasteiger partial charge in [0, 0.05) is 6.54 Å². The number of hydrogen-bond donors (Lipinski definition) is 0. The van der Waals surface area contributed by atoms with E-state index in [9.17, 15) is 26.4 Å². The van der Waals surface area contributed by atoms with E-state index in [0.29, 0.717) is 0 Å². The second kappa shape index (κ2) is 6.59. The zero-order chi connectivity index (χ0) is 17.2. The van der Waals surface area contributed by atoms with Crippen molar-refractivity contribution in [2.45, 2.75) is 38.0 Å². The van der Waals surface area contributed by atoms with Crippen molar-refractivity contribution in [1.82, 2.24) is 4.90 Å². The summed E-state index contributed by atoms with van der Waals surface area (Å²) in [6.07, 6.45) is -1.64. The van der Waals surface area contributed by atoms with E-state index in [4.69, 9.17) is 9.47 Å². The maximum atomic E-state index is 12.1. The molecule has 22 heavy (non-hydrogen) atoms. The number of morpholine rings is 1. The molecule has 1 atom stereocenters. The number of halogens is 3. The van der Waals surface area contributed by atoms with Gasteiger partial charge in [-0.05, 0) is 20.8 Å². The molecule has 0 aromatic carbocycles. The topological polar surface area (TPSA) is 82.1 Å². The maximum Gasteiger partial charge on any atom is 0.523 e. The third-order valence-electron chi connectivity index (χ3n) is 2.48. The predicted octanol–water partition coefficient (Wildman–Crippen LogP) is 1.49. The van der Waals surface area contributed by atoms with Crippen molar-refractivity contribution in [3.05, 3.63) is 0 Å². The van der Waals surface area contributed by atoms with Crippen LogP contribution in [0.1, 0.15) is 20.8 Å². The zero-order valence-corrected chi connectivity index (χ0v) is 13.2. The van der Waals surface area contributed by atoms with Crippen LogP contribution in [0.2, 0.25) is 0 Å². The summed E-state index contributed by atoms with van der Waals surface area (Å²) < 4.78 is 72.1. The molecule has 0 aliphatic carbocycles. The highest BCUT2D eigenvalue weighted by atomic mass is 32.2. The van der Waals surface area contributed by atoms with Gasteiger partial charge in [-0.25, -0.2) is 4.79 Å². The molecule has 0 aromatic heterocycles. The first-order chi connectivity index (χ1) is 9.82. The lowest BCUT2D eigenvalue weighted by atomic mass is 10.2. The number of amides is 1. The van der Waals surface area contributed by atoms with E-state index in [-0.39, 0.29) is 19.7 Å². The minimum atomic E-state index is -5.68. The number of hydrogen-bond acceptors (Lipinski definition) is 6. The summed E-state index contributed by atoms with van der Waals surface area (Å²) in [5.41, 5.74) is -6.21. The Balaban J connectivity index is 2.56. The first-order valence-electron chi connectivity index (χ1n) is 6.37. The van der Waals surface area contributed by atoms with Crippen LogP contribution in [0.5, 0.6) is 0 Å². The first kappa shape index (κ1) is 19.0. The number of carbonyl (C=O) groups excluding carboxylic acids is 1. The lowest BCUT2D eigenvalue weighted by Crippen LogP contribution is -2.49. The van der Waals surface area contributed by atoms with Crippen molar-refractivity contribution in [2.75, 3.05) is 26.3 Å². The monoisotopic (exact) mass is 349 g/mol. The molecule has 1 aliphatic rings. The van der Waals surface area contributed by atoms with Crippen LogP contribution in [-0.4, -0.2) is 62.9 Å². The average Bonchev–Trinajstić information content (AvgIpc) is 2.33. The van der Waals surface area contributed by atoms with Gasteiger partial charge in [-0.2, -0.15) is 21.6 Å². The van der Waals surface area contributed by atoms with E-state index in [1.807, 2.05) is 0 Å². The van der Waals surface area contributed by atoms with Gasteiger partial charge >= 0.3 is 21.7 Å². The smallest absolute Gasteiger partial charge is 0.444 e. The number of ether oxygens (including phenoxy) is 2. The summed E-state index contributed by atoms with van der Waals surface area (Å²) in [5, 5.41) is 0. The second-order valence-electron chi connectivity index (χ2n) is 5.60. The number of nitrogens with zero attached hydrogens (tertiary/aromatic N) is 1. The largest absolute Gasteiger partial charge is 0.523 e. The molecule has 0 radical (unpaired) electrons. The molecule has 0 N–H and O–H groups in total. The van der Waals surface area contributed by atoms with Gasteiger partial charge in [0.25, 0.3) is 0 Å². The van der Waals surface area contributed by atoms with Crippen LogP contribution >= 0.6 is 0 Å². The highest BCUT2D eigenvalue weighted by Gasteiger charge is 2.47. The molecule has 1 fully saturated rings. The molecule has 0 aromatic rings. The molecule has 130 valence electrons. The van der Waals surface area contributed by atoms with E-state index in [1.54, 1.807) is 20.8 Å². The van der Waals surface area contributed by atoms with Crippen LogP contribution in [0.25, 0.3) is 0 Å². The Bertz CT molecular complexity index is 499. The molecule has 7 nitrogen and oxygen atoms in total. The van der Waals surface area contributed by atoms with E-state index < -0.39 is 40.0 Å². The standard InChI is InChI=1S/C11H18F3NO6S/c1-10(2,3)21-9(16)15-4-5-19-8(6-15)7-20-22(17,18)11(12,13)14/h8H,4-7H2,1-3H3/t8-/m0/s1. The van der Waals surface area contributed by atoms with Crippen molar-refractivity contribution >= 4 is 16.2 Å². The van der Waals surface area contributed by atoms with Crippen molar-refractivity contribution in [2.24, 2.45) is 0 Å². The van der Waals surface area contributed by atoms with Crippen LogP contribution in [0.4, 0.5) is 18.0 Å². The normalized spacial score (nSPS) is 20.8. The zero-order valence-electron chi connectivity index (χ0n) is 12.3. The number of rotatable bonds is 3. The molecule has 1 saturated heterocycles. The fraction of sp³-hybridized carbons (Fsp3) is 0.909. The predicted molar refractivity (Wildman–Crippen MR) is 68.5 cm³/mol. The molecule has 0 unspecified atom stereocenters. The lowest BCUT2D eigenvalue weighted by Gasteiger charge is -2.33. The van der Waals surface area contributed by atoms with Crippen LogP contribution in [0, 0.1) is 0 Å². The SMILES string of the molecule is CC(C)(C)OC(=O)N1CCO[C@H](COS(=O)(=O)C(F)(F)F)C1.